The van der Waals surface area contributed by atoms with E-state index in [0.29, 0.717) is 29.2 Å². The number of nitro groups is 1. The van der Waals surface area contributed by atoms with Crippen molar-refractivity contribution in [3.63, 3.8) is 0 Å². The Hall–Kier alpha value is -4.42. The zero-order chi connectivity index (χ0) is 43.5. The molecule has 0 amide bonds. The molecule has 5 rings (SSSR count). The number of aromatic nitrogens is 2. The van der Waals surface area contributed by atoms with Gasteiger partial charge < -0.3 is 19.6 Å². The van der Waals surface area contributed by atoms with Crippen LogP contribution in [0, 0.1) is 21.8 Å². The van der Waals surface area contributed by atoms with E-state index >= 15 is 0 Å². The van der Waals surface area contributed by atoms with Crippen molar-refractivity contribution in [3.05, 3.63) is 71.3 Å². The van der Waals surface area contributed by atoms with E-state index in [1.165, 1.54) is 13.2 Å². The predicted molar refractivity (Wildman–Crippen MR) is 206 cm³/mol. The summed E-state index contributed by atoms with van der Waals surface area (Å²) in [7, 11) is -6.50. The van der Waals surface area contributed by atoms with Crippen molar-refractivity contribution in [2.45, 2.75) is 55.0 Å². The molecule has 26 heteroatoms. The average molecular weight is 912 g/mol. The van der Waals surface area contributed by atoms with Crippen LogP contribution in [0.4, 0.5) is 15.8 Å². The maximum absolute atomic E-state index is 14.3. The number of Topliss-reactive ketones (excluding diaryl/α,β-unsaturated/α-hetero) is 3. The average Bonchev–Trinajstić information content (AvgIpc) is 3.45. The largest absolute Gasteiger partial charge is 0.480 e. The minimum atomic E-state index is -4.10. The predicted octanol–water partition coefficient (Wildman–Crippen LogP) is 2.71. The minimum Gasteiger partial charge on any atom is -0.480 e. The highest BCUT2D eigenvalue weighted by atomic mass is 35.5. The molecule has 4 N–H and O–H groups in total. The summed E-state index contributed by atoms with van der Waals surface area (Å²) >= 11 is 8.17. The van der Waals surface area contributed by atoms with Gasteiger partial charge in [0.05, 0.1) is 46.1 Å². The number of methoxy groups -OCH3 is 1. The van der Waals surface area contributed by atoms with Gasteiger partial charge in [-0.15, -0.1) is 11.8 Å². The Morgan fingerprint density at radius 2 is 1.72 bits per heavy atom. The second kappa shape index (κ2) is 21.0. The first-order valence-electron chi connectivity index (χ1n) is 16.6. The number of hydrogen-bond acceptors (Lipinski definition) is 16. The summed E-state index contributed by atoms with van der Waals surface area (Å²) in [4.78, 5) is 101. The number of carboxylic acids is 1. The number of aliphatic carboxylic acids is 1. The lowest BCUT2D eigenvalue weighted by Gasteiger charge is -2.18. The highest BCUT2D eigenvalue weighted by Crippen LogP contribution is 2.34. The summed E-state index contributed by atoms with van der Waals surface area (Å²) in [5.41, 5.74) is -1.08. The van der Waals surface area contributed by atoms with Gasteiger partial charge in [0, 0.05) is 43.1 Å². The normalized spacial score (nSPS) is 14.7. The number of sulfone groups is 1. The zero-order valence-corrected chi connectivity index (χ0v) is 34.6. The third kappa shape index (κ3) is 13.9. The molecule has 3 aromatic rings. The minimum absolute atomic E-state index is 0.0605. The van der Waals surface area contributed by atoms with Crippen LogP contribution in [-0.4, -0.2) is 98.8 Å². The molecule has 2 aliphatic rings. The van der Waals surface area contributed by atoms with Gasteiger partial charge in [-0.1, -0.05) is 11.6 Å². The number of fused-ring (bicyclic) bond motifs is 1. The number of carboxylic acid groups (broad SMARTS) is 1. The molecule has 1 aliphatic heterocycles. The van der Waals surface area contributed by atoms with Crippen LogP contribution in [0.15, 0.2) is 49.9 Å². The van der Waals surface area contributed by atoms with Gasteiger partial charge in [-0.25, -0.2) is 22.5 Å². The SMILES string of the molecule is COC(=O)CSc1cc(/N=c2\sc(=O)n3n2CCCC3)c(F)cc1Cl.CS(=O)(=O)c1ccc(C(=O)C2C(=O)CCCC2=O)c([N+](=O)[O-])c1.O=C(O)CNCP(=O)(O)O. The van der Waals surface area contributed by atoms with E-state index in [0.717, 1.165) is 66.5 Å². The van der Waals surface area contributed by atoms with Crippen LogP contribution >= 0.6 is 42.3 Å². The Kier molecular flexibility index (Phi) is 17.4. The standard InChI is InChI=1S/C15H15ClFN3O3S2.C14H13NO7S.C3H8NO5P/c1-23-13(21)8-24-12-7-11(10(17)6-9(12)16)18-14-19-4-2-3-5-20(19)15(22)25-14;1-23(21,22)8-5-6-9(10(7-8)15(19)20)14(18)13-11(16)3-2-4-12(13)17;5-3(6)1-4-2-10(7,8)9/h6-7H,2-5,8H2,1H3;5-7,13H,2-4H2,1H3;4H,1-2H2,(H,5,6)(H2,7,8,9)/b18-14-;;. The molecule has 2 heterocycles. The van der Waals surface area contributed by atoms with Gasteiger partial charge in [0.2, 0.25) is 4.80 Å². The van der Waals surface area contributed by atoms with Gasteiger partial charge in [-0.2, -0.15) is 0 Å². The van der Waals surface area contributed by atoms with Crippen molar-refractivity contribution in [1.82, 2.24) is 14.7 Å². The summed E-state index contributed by atoms with van der Waals surface area (Å²) in [5.74, 6) is -5.68. The molecule has 2 aromatic carbocycles. The van der Waals surface area contributed by atoms with E-state index in [2.05, 4.69) is 15.0 Å². The summed E-state index contributed by atoms with van der Waals surface area (Å²) in [6.07, 6.45) is 2.67. The fraction of sp³-hybridized carbons (Fsp3) is 0.406. The van der Waals surface area contributed by atoms with Crippen molar-refractivity contribution < 1.29 is 65.9 Å². The zero-order valence-electron chi connectivity index (χ0n) is 30.5. The first kappa shape index (κ1) is 48.0. The lowest BCUT2D eigenvalue weighted by Crippen LogP contribution is -2.35. The number of hydrogen-bond donors (Lipinski definition) is 4. The number of rotatable bonds is 12. The van der Waals surface area contributed by atoms with Gasteiger partial charge in [0.15, 0.2) is 27.2 Å². The molecule has 0 radical (unpaired) electrons. The van der Waals surface area contributed by atoms with Gasteiger partial charge in [0.1, 0.15) is 17.4 Å². The molecule has 0 spiro atoms. The van der Waals surface area contributed by atoms with Gasteiger partial charge in [-0.3, -0.25) is 53.4 Å². The lowest BCUT2D eigenvalue weighted by atomic mass is 9.81. The molecule has 20 nitrogen and oxygen atoms in total. The summed E-state index contributed by atoms with van der Waals surface area (Å²) in [5, 5.41) is 21.4. The van der Waals surface area contributed by atoms with E-state index in [4.69, 9.17) is 26.5 Å². The molecular formula is C32H36ClFN5O15PS3. The fourth-order valence-electron chi connectivity index (χ4n) is 5.19. The molecule has 1 aliphatic carbocycles. The highest BCUT2D eigenvalue weighted by molar-refractivity contribution is 8.00. The number of thioether (sulfide) groups is 1. The monoisotopic (exact) mass is 911 g/mol. The Balaban J connectivity index is 0.000000254. The number of nitrogens with zero attached hydrogens (tertiary/aromatic N) is 4. The molecule has 1 aromatic heterocycles. The fourth-order valence-corrected chi connectivity index (χ4v) is 8.23. The third-order valence-corrected chi connectivity index (χ3v) is 12.0. The summed E-state index contributed by atoms with van der Waals surface area (Å²) in [6.45, 7) is 0.885. The number of carbonyl (C=O) groups is 5. The topological polar surface area (TPSA) is 301 Å². The van der Waals surface area contributed by atoms with E-state index in [1.54, 1.807) is 9.36 Å². The molecule has 58 heavy (non-hydrogen) atoms. The molecular weight excluding hydrogens is 876 g/mol. The Labute approximate surface area is 341 Å². The van der Waals surface area contributed by atoms with Crippen LogP contribution in [-0.2, 0) is 51.4 Å². The maximum Gasteiger partial charge on any atom is 0.339 e. The molecule has 0 bridgehead atoms. The van der Waals surface area contributed by atoms with E-state index in [-0.39, 0.29) is 39.1 Å². The van der Waals surface area contributed by atoms with Crippen LogP contribution in [0.3, 0.4) is 0 Å². The van der Waals surface area contributed by atoms with Gasteiger partial charge >= 0.3 is 24.4 Å². The van der Waals surface area contributed by atoms with Crippen molar-refractivity contribution in [2.75, 3.05) is 31.9 Å². The third-order valence-electron chi connectivity index (χ3n) is 7.89. The highest BCUT2D eigenvalue weighted by Gasteiger charge is 2.39. The van der Waals surface area contributed by atoms with Gasteiger partial charge in [0.25, 0.3) is 5.69 Å². The number of ketones is 3. The van der Waals surface area contributed by atoms with Crippen molar-refractivity contribution in [3.8, 4) is 0 Å². The number of benzene rings is 2. The number of halogens is 2. The first-order chi connectivity index (χ1) is 27.0. The summed E-state index contributed by atoms with van der Waals surface area (Å²) < 4.78 is 55.3. The number of esters is 1. The van der Waals surface area contributed by atoms with Crippen LogP contribution in [0.5, 0.6) is 0 Å². The van der Waals surface area contributed by atoms with E-state index in [1.807, 2.05) is 0 Å². The van der Waals surface area contributed by atoms with Crippen molar-refractivity contribution in [1.29, 1.82) is 0 Å². The Morgan fingerprint density at radius 1 is 1.10 bits per heavy atom. The maximum atomic E-state index is 14.3. The second-order valence-electron chi connectivity index (χ2n) is 12.2. The molecule has 1 fully saturated rings. The smallest absolute Gasteiger partial charge is 0.339 e. The van der Waals surface area contributed by atoms with Crippen LogP contribution in [0.2, 0.25) is 5.02 Å². The summed E-state index contributed by atoms with van der Waals surface area (Å²) in [6, 6.07) is 5.44. The van der Waals surface area contributed by atoms with Crippen molar-refractivity contribution >= 4 is 92.8 Å². The van der Waals surface area contributed by atoms with Gasteiger partial charge in [-0.05, 0) is 54.9 Å². The Morgan fingerprint density at radius 3 is 2.28 bits per heavy atom. The Bertz CT molecular complexity index is 2380. The van der Waals surface area contributed by atoms with Crippen LogP contribution in [0.1, 0.15) is 42.5 Å². The number of carbonyl (C=O) groups excluding carboxylic acids is 4. The lowest BCUT2D eigenvalue weighted by molar-refractivity contribution is -0.385. The molecule has 0 saturated heterocycles. The number of nitro benzene ring substituents is 1. The molecule has 316 valence electrons. The second-order valence-corrected chi connectivity index (χ2v) is 18.3. The van der Waals surface area contributed by atoms with E-state index < -0.39 is 87.5 Å². The molecule has 0 atom stereocenters. The van der Waals surface area contributed by atoms with Crippen LogP contribution < -0.4 is 15.0 Å². The van der Waals surface area contributed by atoms with Crippen LogP contribution in [0.25, 0.3) is 0 Å². The quantitative estimate of drug-likeness (QED) is 0.0386. The number of nitrogens with one attached hydrogen (secondary N) is 1. The van der Waals surface area contributed by atoms with E-state index in [9.17, 15) is 56.3 Å². The molecule has 1 saturated carbocycles. The first-order valence-corrected chi connectivity index (χ1v) is 22.5. The number of ether oxygens (including phenoxy) is 1. The molecule has 0 unspecified atom stereocenters. The van der Waals surface area contributed by atoms with Crippen molar-refractivity contribution in [2.24, 2.45) is 10.9 Å².